The number of nitrogens with zero attached hydrogens (tertiary/aromatic N) is 3. The van der Waals surface area contributed by atoms with Gasteiger partial charge in [0.1, 0.15) is 18.0 Å². The van der Waals surface area contributed by atoms with E-state index in [-0.39, 0.29) is 31.3 Å². The lowest BCUT2D eigenvalue weighted by atomic mass is 10.1. The third kappa shape index (κ3) is 7.24. The van der Waals surface area contributed by atoms with Gasteiger partial charge >= 0.3 is 0 Å². The van der Waals surface area contributed by atoms with Crippen LogP contribution in [0.25, 0.3) is 16.9 Å². The first-order valence-corrected chi connectivity index (χ1v) is 12.5. The van der Waals surface area contributed by atoms with Gasteiger partial charge in [0.2, 0.25) is 17.8 Å². The first-order chi connectivity index (χ1) is 19.0. The largest absolute Gasteiger partial charge is 0.497 e. The van der Waals surface area contributed by atoms with Gasteiger partial charge in [-0.25, -0.2) is 4.98 Å². The number of carbonyl (C=O) groups is 2. The number of hydrogen-bond acceptors (Lipinski definition) is 6. The second-order valence-corrected chi connectivity index (χ2v) is 8.77. The minimum Gasteiger partial charge on any atom is -0.497 e. The van der Waals surface area contributed by atoms with Crippen LogP contribution in [0, 0.1) is 0 Å². The molecule has 9 heteroatoms. The fourth-order valence-corrected chi connectivity index (χ4v) is 4.04. The molecule has 0 saturated carbocycles. The van der Waals surface area contributed by atoms with Crippen molar-refractivity contribution in [1.82, 2.24) is 14.5 Å². The molecule has 39 heavy (non-hydrogen) atoms. The summed E-state index contributed by atoms with van der Waals surface area (Å²) in [5, 5.41) is 2.90. The molecule has 1 aromatic heterocycles. The summed E-state index contributed by atoms with van der Waals surface area (Å²) in [7, 11) is 4.77. The van der Waals surface area contributed by atoms with E-state index in [2.05, 4.69) is 5.32 Å². The summed E-state index contributed by atoms with van der Waals surface area (Å²) >= 11 is 0. The molecule has 0 bridgehead atoms. The Morgan fingerprint density at radius 1 is 0.897 bits per heavy atom. The summed E-state index contributed by atoms with van der Waals surface area (Å²) < 4.78 is 17.6. The number of methoxy groups -OCH3 is 3. The van der Waals surface area contributed by atoms with E-state index in [0.717, 1.165) is 16.8 Å². The standard InChI is InChI=1S/C30H32N4O5/c1-37-17-16-33(29(36)18-22-8-5-4-6-9-22)21-28(35)32-30-31-27(23-10-7-11-26(19-23)39-3)20-34(30)24-12-14-25(38-2)15-13-24/h4-15,19-20H,16-18,21H2,1-3H3,(H,31,32,35). The van der Waals surface area contributed by atoms with Crippen LogP contribution in [0.5, 0.6) is 11.5 Å². The molecule has 3 aromatic carbocycles. The average Bonchev–Trinajstić information content (AvgIpc) is 3.39. The number of amides is 2. The summed E-state index contributed by atoms with van der Waals surface area (Å²) in [6.07, 6.45) is 2.04. The van der Waals surface area contributed by atoms with Gasteiger partial charge in [-0.05, 0) is 42.0 Å². The van der Waals surface area contributed by atoms with Crippen molar-refractivity contribution in [2.45, 2.75) is 6.42 Å². The highest BCUT2D eigenvalue weighted by Crippen LogP contribution is 2.27. The summed E-state index contributed by atoms with van der Waals surface area (Å²) in [6.45, 7) is 0.463. The molecule has 0 aliphatic heterocycles. The molecule has 0 saturated heterocycles. The number of benzene rings is 3. The first kappa shape index (κ1) is 27.4. The lowest BCUT2D eigenvalue weighted by Crippen LogP contribution is -2.41. The van der Waals surface area contributed by atoms with Crippen LogP contribution in [0.2, 0.25) is 0 Å². The minimum atomic E-state index is -0.370. The van der Waals surface area contributed by atoms with Crippen molar-refractivity contribution in [1.29, 1.82) is 0 Å². The highest BCUT2D eigenvalue weighted by Gasteiger charge is 2.20. The van der Waals surface area contributed by atoms with E-state index in [1.165, 1.54) is 4.90 Å². The summed E-state index contributed by atoms with van der Waals surface area (Å²) in [4.78, 5) is 32.5. The molecule has 0 aliphatic rings. The number of nitrogens with one attached hydrogen (secondary N) is 1. The summed E-state index contributed by atoms with van der Waals surface area (Å²) in [5.41, 5.74) is 3.14. The molecule has 0 aliphatic carbocycles. The molecule has 202 valence electrons. The molecule has 0 radical (unpaired) electrons. The first-order valence-electron chi connectivity index (χ1n) is 12.5. The van der Waals surface area contributed by atoms with Crippen LogP contribution in [-0.4, -0.2) is 67.3 Å². The van der Waals surface area contributed by atoms with Gasteiger partial charge in [-0.2, -0.15) is 0 Å². The number of anilines is 1. The molecule has 4 rings (SSSR count). The third-order valence-corrected chi connectivity index (χ3v) is 6.12. The SMILES string of the molecule is COCCN(CC(=O)Nc1nc(-c2cccc(OC)c2)cn1-c1ccc(OC)cc1)C(=O)Cc1ccccc1. The lowest BCUT2D eigenvalue weighted by molar-refractivity contribution is -0.134. The van der Waals surface area contributed by atoms with Crippen LogP contribution in [0.4, 0.5) is 5.95 Å². The highest BCUT2D eigenvalue weighted by molar-refractivity contribution is 5.94. The van der Waals surface area contributed by atoms with Gasteiger partial charge in [-0.1, -0.05) is 42.5 Å². The van der Waals surface area contributed by atoms with Crippen LogP contribution >= 0.6 is 0 Å². The quantitative estimate of drug-likeness (QED) is 0.296. The van der Waals surface area contributed by atoms with Crippen LogP contribution < -0.4 is 14.8 Å². The summed E-state index contributed by atoms with van der Waals surface area (Å²) in [6, 6.07) is 24.4. The Bertz CT molecular complexity index is 1390. The maximum absolute atomic E-state index is 13.2. The topological polar surface area (TPSA) is 94.9 Å². The number of aromatic nitrogens is 2. The lowest BCUT2D eigenvalue weighted by Gasteiger charge is -2.22. The second-order valence-electron chi connectivity index (χ2n) is 8.77. The molecule has 2 amide bonds. The third-order valence-electron chi connectivity index (χ3n) is 6.12. The predicted octanol–water partition coefficient (Wildman–Crippen LogP) is 4.21. The van der Waals surface area contributed by atoms with Gasteiger partial charge in [0.05, 0.1) is 32.9 Å². The fourth-order valence-electron chi connectivity index (χ4n) is 4.04. The van der Waals surface area contributed by atoms with Gasteiger partial charge in [0, 0.05) is 31.1 Å². The van der Waals surface area contributed by atoms with Crippen LogP contribution in [-0.2, 0) is 20.7 Å². The van der Waals surface area contributed by atoms with Crippen molar-refractivity contribution in [3.05, 3.63) is 90.6 Å². The average molecular weight is 529 g/mol. The normalized spacial score (nSPS) is 10.6. The second kappa shape index (κ2) is 13.3. The molecule has 0 spiro atoms. The van der Waals surface area contributed by atoms with Crippen molar-refractivity contribution < 1.29 is 23.8 Å². The molecular formula is C30H32N4O5. The Hall–Kier alpha value is -4.63. The zero-order valence-corrected chi connectivity index (χ0v) is 22.3. The van der Waals surface area contributed by atoms with E-state index in [9.17, 15) is 9.59 Å². The van der Waals surface area contributed by atoms with Crippen LogP contribution in [0.15, 0.2) is 85.1 Å². The smallest absolute Gasteiger partial charge is 0.246 e. The Labute approximate surface area is 227 Å². The van der Waals surface area contributed by atoms with Crippen molar-refractivity contribution >= 4 is 17.8 Å². The molecule has 0 atom stereocenters. The number of ether oxygens (including phenoxy) is 3. The molecule has 4 aromatic rings. The Morgan fingerprint density at radius 2 is 1.64 bits per heavy atom. The Balaban J connectivity index is 1.59. The number of hydrogen-bond donors (Lipinski definition) is 1. The van der Waals surface area contributed by atoms with Gasteiger partial charge in [0.15, 0.2) is 0 Å². The number of rotatable bonds is 12. The van der Waals surface area contributed by atoms with E-state index >= 15 is 0 Å². The van der Waals surface area contributed by atoms with Crippen molar-refractivity contribution in [3.63, 3.8) is 0 Å². The Morgan fingerprint density at radius 3 is 2.33 bits per heavy atom. The van der Waals surface area contributed by atoms with Crippen LogP contribution in [0.1, 0.15) is 5.56 Å². The molecule has 9 nitrogen and oxygen atoms in total. The van der Waals surface area contributed by atoms with Gasteiger partial charge in [0.25, 0.3) is 0 Å². The van der Waals surface area contributed by atoms with E-state index in [1.807, 2.05) is 85.1 Å². The maximum Gasteiger partial charge on any atom is 0.246 e. The Kier molecular flexibility index (Phi) is 9.31. The summed E-state index contributed by atoms with van der Waals surface area (Å²) in [5.74, 6) is 1.20. The zero-order valence-electron chi connectivity index (χ0n) is 22.3. The van der Waals surface area contributed by atoms with Crippen LogP contribution in [0.3, 0.4) is 0 Å². The van der Waals surface area contributed by atoms with E-state index < -0.39 is 0 Å². The zero-order chi connectivity index (χ0) is 27.6. The molecular weight excluding hydrogens is 496 g/mol. The van der Waals surface area contributed by atoms with E-state index in [1.54, 1.807) is 25.9 Å². The van der Waals surface area contributed by atoms with E-state index in [0.29, 0.717) is 29.7 Å². The monoisotopic (exact) mass is 528 g/mol. The van der Waals surface area contributed by atoms with Gasteiger partial charge in [-0.3, -0.25) is 19.5 Å². The molecule has 0 fully saturated rings. The van der Waals surface area contributed by atoms with Crippen molar-refractivity contribution in [3.8, 4) is 28.4 Å². The number of carbonyl (C=O) groups excluding carboxylic acids is 2. The predicted molar refractivity (Wildman–Crippen MR) is 149 cm³/mol. The minimum absolute atomic E-state index is 0.140. The highest BCUT2D eigenvalue weighted by atomic mass is 16.5. The number of imidazole rings is 1. The molecule has 1 N–H and O–H groups in total. The van der Waals surface area contributed by atoms with E-state index in [4.69, 9.17) is 19.2 Å². The van der Waals surface area contributed by atoms with Gasteiger partial charge in [-0.15, -0.1) is 0 Å². The molecule has 1 heterocycles. The van der Waals surface area contributed by atoms with Gasteiger partial charge < -0.3 is 19.1 Å². The van der Waals surface area contributed by atoms with Crippen molar-refractivity contribution in [2.75, 3.05) is 46.3 Å². The van der Waals surface area contributed by atoms with Crippen molar-refractivity contribution in [2.24, 2.45) is 0 Å². The fraction of sp³-hybridized carbons (Fsp3) is 0.233. The maximum atomic E-state index is 13.2. The molecule has 0 unspecified atom stereocenters.